The van der Waals surface area contributed by atoms with Crippen LogP contribution in [0.2, 0.25) is 0 Å². The molecule has 0 saturated heterocycles. The standard InChI is InChI=1S/C23H24N2O3/c1-26-21-15-23(28-3)22(27-2)14-19(21)16-24-25(20-12-8-5-9-13-20)17-18-10-6-4-7-11-18/h4-16H,17H2,1-3H3/b24-16-. The molecule has 0 saturated carbocycles. The number of ether oxygens (including phenoxy) is 3. The minimum absolute atomic E-state index is 0.612. The van der Waals surface area contributed by atoms with Gasteiger partial charge in [0.2, 0.25) is 0 Å². The third kappa shape index (κ3) is 4.62. The number of nitrogens with zero attached hydrogens (tertiary/aromatic N) is 2. The van der Waals surface area contributed by atoms with Gasteiger partial charge in [0.25, 0.3) is 0 Å². The molecular weight excluding hydrogens is 352 g/mol. The summed E-state index contributed by atoms with van der Waals surface area (Å²) < 4.78 is 16.3. The van der Waals surface area contributed by atoms with Crippen LogP contribution in [0, 0.1) is 0 Å². The molecular formula is C23H24N2O3. The van der Waals surface area contributed by atoms with E-state index in [1.165, 1.54) is 5.56 Å². The summed E-state index contributed by atoms with van der Waals surface area (Å²) in [7, 11) is 4.83. The van der Waals surface area contributed by atoms with Crippen molar-refractivity contribution in [1.29, 1.82) is 0 Å². The summed E-state index contributed by atoms with van der Waals surface area (Å²) in [5.74, 6) is 1.90. The van der Waals surface area contributed by atoms with Gasteiger partial charge in [-0.15, -0.1) is 0 Å². The van der Waals surface area contributed by atoms with Crippen LogP contribution in [0.1, 0.15) is 11.1 Å². The number of hydrogen-bond acceptors (Lipinski definition) is 5. The number of methoxy groups -OCH3 is 3. The highest BCUT2D eigenvalue weighted by atomic mass is 16.5. The van der Waals surface area contributed by atoms with E-state index < -0.39 is 0 Å². The average Bonchev–Trinajstić information content (AvgIpc) is 2.77. The van der Waals surface area contributed by atoms with Gasteiger partial charge in [-0.1, -0.05) is 48.5 Å². The highest BCUT2D eigenvalue weighted by molar-refractivity contribution is 5.85. The maximum absolute atomic E-state index is 5.50. The van der Waals surface area contributed by atoms with Gasteiger partial charge in [0, 0.05) is 11.6 Å². The van der Waals surface area contributed by atoms with Gasteiger partial charge in [-0.05, 0) is 23.8 Å². The zero-order valence-electron chi connectivity index (χ0n) is 16.3. The van der Waals surface area contributed by atoms with Crippen LogP contribution < -0.4 is 19.2 Å². The summed E-state index contributed by atoms with van der Waals surface area (Å²) in [6.45, 7) is 0.650. The number of hydrazone groups is 1. The maximum Gasteiger partial charge on any atom is 0.164 e. The normalized spacial score (nSPS) is 10.7. The van der Waals surface area contributed by atoms with Crippen molar-refractivity contribution in [2.75, 3.05) is 26.3 Å². The number of rotatable bonds is 8. The lowest BCUT2D eigenvalue weighted by atomic mass is 10.2. The molecule has 28 heavy (non-hydrogen) atoms. The Balaban J connectivity index is 1.95. The van der Waals surface area contributed by atoms with E-state index in [1.54, 1.807) is 33.6 Å². The number of para-hydroxylation sites is 1. The van der Waals surface area contributed by atoms with Crippen LogP contribution in [0.3, 0.4) is 0 Å². The summed E-state index contributed by atoms with van der Waals surface area (Å²) >= 11 is 0. The smallest absolute Gasteiger partial charge is 0.164 e. The molecule has 0 aromatic heterocycles. The Morgan fingerprint density at radius 1 is 0.750 bits per heavy atom. The fraction of sp³-hybridized carbons (Fsp3) is 0.174. The lowest BCUT2D eigenvalue weighted by Gasteiger charge is -2.19. The molecule has 0 unspecified atom stereocenters. The molecule has 0 heterocycles. The summed E-state index contributed by atoms with van der Waals surface area (Å²) in [6.07, 6.45) is 1.77. The maximum atomic E-state index is 5.50. The van der Waals surface area contributed by atoms with E-state index in [2.05, 4.69) is 12.1 Å². The first-order valence-corrected chi connectivity index (χ1v) is 8.95. The van der Waals surface area contributed by atoms with Gasteiger partial charge in [0.05, 0.1) is 39.8 Å². The van der Waals surface area contributed by atoms with Crippen molar-refractivity contribution >= 4 is 11.9 Å². The highest BCUT2D eigenvalue weighted by Crippen LogP contribution is 2.34. The fourth-order valence-corrected chi connectivity index (χ4v) is 2.84. The van der Waals surface area contributed by atoms with Gasteiger partial charge in [-0.2, -0.15) is 5.10 Å². The first-order valence-electron chi connectivity index (χ1n) is 8.95. The Hall–Kier alpha value is -3.47. The van der Waals surface area contributed by atoms with Crippen LogP contribution in [0.4, 0.5) is 5.69 Å². The molecule has 0 atom stereocenters. The Kier molecular flexibility index (Phi) is 6.52. The Morgan fingerprint density at radius 2 is 1.32 bits per heavy atom. The topological polar surface area (TPSA) is 43.3 Å². The molecule has 0 amide bonds. The minimum Gasteiger partial charge on any atom is -0.496 e. The van der Waals surface area contributed by atoms with Gasteiger partial charge in [0.15, 0.2) is 11.5 Å². The van der Waals surface area contributed by atoms with Crippen molar-refractivity contribution in [3.05, 3.63) is 83.9 Å². The molecule has 0 bridgehead atoms. The first-order chi connectivity index (χ1) is 13.7. The highest BCUT2D eigenvalue weighted by Gasteiger charge is 2.11. The molecule has 5 nitrogen and oxygen atoms in total. The lowest BCUT2D eigenvalue weighted by molar-refractivity contribution is 0.349. The van der Waals surface area contributed by atoms with Crippen LogP contribution in [0.5, 0.6) is 17.2 Å². The molecule has 0 aliphatic carbocycles. The summed E-state index contributed by atoms with van der Waals surface area (Å²) in [4.78, 5) is 0. The van der Waals surface area contributed by atoms with Crippen molar-refractivity contribution < 1.29 is 14.2 Å². The zero-order chi connectivity index (χ0) is 19.8. The predicted octanol–water partition coefficient (Wildman–Crippen LogP) is 4.75. The summed E-state index contributed by atoms with van der Waals surface area (Å²) in [6, 6.07) is 23.9. The molecule has 3 rings (SSSR count). The molecule has 0 radical (unpaired) electrons. The van der Waals surface area contributed by atoms with Crippen molar-refractivity contribution in [3.63, 3.8) is 0 Å². The van der Waals surface area contributed by atoms with Crippen LogP contribution >= 0.6 is 0 Å². The Labute approximate surface area is 165 Å². The molecule has 3 aromatic carbocycles. The van der Waals surface area contributed by atoms with Gasteiger partial charge in [0.1, 0.15) is 5.75 Å². The monoisotopic (exact) mass is 376 g/mol. The molecule has 0 aliphatic heterocycles. The predicted molar refractivity (Wildman–Crippen MR) is 113 cm³/mol. The van der Waals surface area contributed by atoms with Gasteiger partial charge in [-0.25, -0.2) is 0 Å². The second kappa shape index (κ2) is 9.46. The van der Waals surface area contributed by atoms with Crippen molar-refractivity contribution in [2.45, 2.75) is 6.54 Å². The van der Waals surface area contributed by atoms with E-state index in [9.17, 15) is 0 Å². The fourth-order valence-electron chi connectivity index (χ4n) is 2.84. The summed E-state index contributed by atoms with van der Waals surface area (Å²) in [5, 5.41) is 6.68. The third-order valence-corrected chi connectivity index (χ3v) is 4.30. The largest absolute Gasteiger partial charge is 0.496 e. The van der Waals surface area contributed by atoms with Gasteiger partial charge < -0.3 is 14.2 Å². The van der Waals surface area contributed by atoms with Crippen LogP contribution in [0.15, 0.2) is 77.9 Å². The minimum atomic E-state index is 0.612. The van der Waals surface area contributed by atoms with E-state index in [4.69, 9.17) is 19.3 Å². The van der Waals surface area contributed by atoms with Gasteiger partial charge in [-0.3, -0.25) is 5.01 Å². The Bertz CT molecular complexity index is 912. The number of anilines is 1. The van der Waals surface area contributed by atoms with Crippen LogP contribution in [-0.4, -0.2) is 27.5 Å². The van der Waals surface area contributed by atoms with E-state index in [0.29, 0.717) is 23.8 Å². The second-order valence-corrected chi connectivity index (χ2v) is 6.07. The zero-order valence-corrected chi connectivity index (χ0v) is 16.3. The molecule has 5 heteroatoms. The SMILES string of the molecule is COc1cc(OC)c(OC)cc1/C=N\N(Cc1ccccc1)c1ccccc1. The summed E-state index contributed by atoms with van der Waals surface area (Å²) in [5.41, 5.74) is 2.97. The van der Waals surface area contributed by atoms with E-state index in [0.717, 1.165) is 11.3 Å². The lowest BCUT2D eigenvalue weighted by Crippen LogP contribution is -2.16. The van der Waals surface area contributed by atoms with Gasteiger partial charge >= 0.3 is 0 Å². The third-order valence-electron chi connectivity index (χ3n) is 4.30. The van der Waals surface area contributed by atoms with E-state index >= 15 is 0 Å². The second-order valence-electron chi connectivity index (χ2n) is 6.07. The molecule has 0 spiro atoms. The van der Waals surface area contributed by atoms with Crippen molar-refractivity contribution in [1.82, 2.24) is 0 Å². The molecule has 3 aromatic rings. The van der Waals surface area contributed by atoms with Crippen molar-refractivity contribution in [3.8, 4) is 17.2 Å². The molecule has 0 N–H and O–H groups in total. The first kappa shape index (κ1) is 19.3. The van der Waals surface area contributed by atoms with E-state index in [1.807, 2.05) is 59.6 Å². The molecule has 0 aliphatic rings. The van der Waals surface area contributed by atoms with Crippen molar-refractivity contribution in [2.24, 2.45) is 5.10 Å². The number of benzene rings is 3. The quantitative estimate of drug-likeness (QED) is 0.420. The van der Waals surface area contributed by atoms with Crippen LogP contribution in [0.25, 0.3) is 0 Å². The average molecular weight is 376 g/mol. The molecule has 0 fully saturated rings. The molecule has 144 valence electrons. The number of hydrogen-bond donors (Lipinski definition) is 0. The van der Waals surface area contributed by atoms with E-state index in [-0.39, 0.29) is 0 Å². The Morgan fingerprint density at radius 3 is 1.93 bits per heavy atom. The van der Waals surface area contributed by atoms with Crippen LogP contribution in [-0.2, 0) is 6.54 Å².